The van der Waals surface area contributed by atoms with Crippen LogP contribution in [0.2, 0.25) is 10.0 Å². The Balaban J connectivity index is 1.79. The van der Waals surface area contributed by atoms with Gasteiger partial charge < -0.3 is 8.92 Å². The molecule has 0 heterocycles. The molecule has 0 aliphatic rings. The lowest BCUT2D eigenvalue weighted by atomic mass is 10.2. The number of carbonyl (C=O) groups excluding carboxylic acids is 1. The Morgan fingerprint density at radius 2 is 1.80 bits per heavy atom. The van der Waals surface area contributed by atoms with Gasteiger partial charge in [-0.25, -0.2) is 5.43 Å². The number of carbonyl (C=O) groups is 1. The van der Waals surface area contributed by atoms with Gasteiger partial charge in [-0.1, -0.05) is 23.2 Å². The zero-order valence-corrected chi connectivity index (χ0v) is 21.5. The van der Waals surface area contributed by atoms with Crippen LogP contribution in [0, 0.1) is 10.1 Å². The van der Waals surface area contributed by atoms with Crippen molar-refractivity contribution in [3.05, 3.63) is 90.4 Å². The van der Waals surface area contributed by atoms with Crippen LogP contribution in [0.5, 0.6) is 11.5 Å². The summed E-state index contributed by atoms with van der Waals surface area (Å²) in [6.07, 6.45) is 1.30. The van der Waals surface area contributed by atoms with E-state index < -0.39 is 20.9 Å². The monoisotopic (exact) mass is 601 g/mol. The largest absolute Gasteiger partial charge is 0.493 e. The lowest BCUT2D eigenvalue weighted by Gasteiger charge is -2.13. The summed E-state index contributed by atoms with van der Waals surface area (Å²) in [6, 6.07) is 11.5. The Morgan fingerprint density at radius 3 is 2.40 bits per heavy atom. The summed E-state index contributed by atoms with van der Waals surface area (Å²) in [6.45, 7) is 0. The van der Waals surface area contributed by atoms with Crippen LogP contribution < -0.4 is 14.3 Å². The summed E-state index contributed by atoms with van der Waals surface area (Å²) < 4.78 is 36.0. The highest BCUT2D eigenvalue weighted by Gasteiger charge is 2.23. The zero-order chi connectivity index (χ0) is 25.8. The maximum absolute atomic E-state index is 12.7. The first kappa shape index (κ1) is 26.4. The standard InChI is InChI=1S/C21H14BrCl2N3O7S/c1-33-19-9-12(11-25-26-21(28)13-2-7-17(23)18(24)10-13)8-16(22)20(19)34-35(31,32)15-5-3-14(4-6-15)27(29)30/h2-11H,1H3,(H,26,28)/b25-11-. The van der Waals surface area contributed by atoms with Crippen molar-refractivity contribution >= 4 is 67.1 Å². The van der Waals surface area contributed by atoms with Gasteiger partial charge in [0.1, 0.15) is 4.90 Å². The fourth-order valence-corrected chi connectivity index (χ4v) is 4.56. The Bertz CT molecular complexity index is 1430. The average Bonchev–Trinajstić information content (AvgIpc) is 2.82. The number of non-ortho nitro benzene ring substituents is 1. The second-order valence-electron chi connectivity index (χ2n) is 6.65. The van der Waals surface area contributed by atoms with Crippen molar-refractivity contribution in [3.8, 4) is 11.5 Å². The molecule has 0 saturated carbocycles. The van der Waals surface area contributed by atoms with Crippen LogP contribution in [0.3, 0.4) is 0 Å². The number of nitrogens with one attached hydrogen (secondary N) is 1. The lowest BCUT2D eigenvalue weighted by molar-refractivity contribution is -0.384. The lowest BCUT2D eigenvalue weighted by Crippen LogP contribution is -2.17. The first-order chi connectivity index (χ1) is 16.5. The number of methoxy groups -OCH3 is 1. The number of rotatable bonds is 8. The number of hydrogen-bond donors (Lipinski definition) is 1. The molecule has 3 aromatic rings. The van der Waals surface area contributed by atoms with Crippen molar-refractivity contribution in [2.24, 2.45) is 5.10 Å². The number of amides is 1. The van der Waals surface area contributed by atoms with Gasteiger partial charge in [0.25, 0.3) is 11.6 Å². The zero-order valence-electron chi connectivity index (χ0n) is 17.6. The minimum absolute atomic E-state index is 0.0436. The fourth-order valence-electron chi connectivity index (χ4n) is 2.65. The maximum atomic E-state index is 12.7. The summed E-state index contributed by atoms with van der Waals surface area (Å²) >= 11 is 15.0. The van der Waals surface area contributed by atoms with Crippen molar-refractivity contribution < 1.29 is 27.1 Å². The molecule has 0 radical (unpaired) electrons. The molecule has 0 atom stereocenters. The molecule has 1 amide bonds. The van der Waals surface area contributed by atoms with Crippen molar-refractivity contribution in [2.75, 3.05) is 7.11 Å². The third kappa shape index (κ3) is 6.48. The van der Waals surface area contributed by atoms with Crippen LogP contribution in [-0.4, -0.2) is 32.6 Å². The van der Waals surface area contributed by atoms with Gasteiger partial charge in [-0.05, 0) is 64.0 Å². The van der Waals surface area contributed by atoms with E-state index in [1.54, 1.807) is 0 Å². The topological polar surface area (TPSA) is 137 Å². The quantitative estimate of drug-likeness (QED) is 0.162. The summed E-state index contributed by atoms with van der Waals surface area (Å²) in [7, 11) is -3.03. The van der Waals surface area contributed by atoms with E-state index in [2.05, 4.69) is 26.5 Å². The molecule has 0 aliphatic carbocycles. The van der Waals surface area contributed by atoms with E-state index in [1.165, 1.54) is 43.7 Å². The predicted octanol–water partition coefficient (Wildman–Crippen LogP) is 5.20. The predicted molar refractivity (Wildman–Crippen MR) is 133 cm³/mol. The van der Waals surface area contributed by atoms with Gasteiger partial charge in [-0.3, -0.25) is 14.9 Å². The van der Waals surface area contributed by atoms with Gasteiger partial charge in [0, 0.05) is 17.7 Å². The van der Waals surface area contributed by atoms with Crippen LogP contribution in [0.25, 0.3) is 0 Å². The molecule has 0 spiro atoms. The number of benzene rings is 3. The van der Waals surface area contributed by atoms with Gasteiger partial charge in [0.05, 0.1) is 32.8 Å². The van der Waals surface area contributed by atoms with Gasteiger partial charge in [-0.15, -0.1) is 0 Å². The van der Waals surface area contributed by atoms with Gasteiger partial charge >= 0.3 is 10.1 Å². The third-order valence-electron chi connectivity index (χ3n) is 4.34. The minimum atomic E-state index is -4.33. The van der Waals surface area contributed by atoms with E-state index in [0.29, 0.717) is 10.6 Å². The molecular formula is C21H14BrCl2N3O7S. The number of hydrazone groups is 1. The average molecular weight is 603 g/mol. The Hall–Kier alpha value is -3.19. The highest BCUT2D eigenvalue weighted by Crippen LogP contribution is 2.38. The smallest absolute Gasteiger partial charge is 0.339 e. The van der Waals surface area contributed by atoms with Crippen molar-refractivity contribution in [3.63, 3.8) is 0 Å². The highest BCUT2D eigenvalue weighted by molar-refractivity contribution is 9.10. The van der Waals surface area contributed by atoms with Crippen LogP contribution in [0.15, 0.2) is 69.1 Å². The number of nitro benzene ring substituents is 1. The maximum Gasteiger partial charge on any atom is 0.339 e. The van der Waals surface area contributed by atoms with Crippen molar-refractivity contribution in [1.82, 2.24) is 5.43 Å². The van der Waals surface area contributed by atoms with Crippen LogP contribution in [0.1, 0.15) is 15.9 Å². The summed E-state index contributed by atoms with van der Waals surface area (Å²) in [4.78, 5) is 22.1. The van der Waals surface area contributed by atoms with Crippen LogP contribution in [-0.2, 0) is 10.1 Å². The van der Waals surface area contributed by atoms with Crippen molar-refractivity contribution in [1.29, 1.82) is 0 Å². The summed E-state index contributed by atoms with van der Waals surface area (Å²) in [5, 5.41) is 15.2. The van der Waals surface area contributed by atoms with Crippen LogP contribution >= 0.6 is 39.1 Å². The second-order valence-corrected chi connectivity index (χ2v) is 9.87. The first-order valence-electron chi connectivity index (χ1n) is 9.37. The Morgan fingerprint density at radius 1 is 1.11 bits per heavy atom. The molecule has 3 aromatic carbocycles. The number of ether oxygens (including phenoxy) is 1. The second kappa shape index (κ2) is 11.0. The Kier molecular flexibility index (Phi) is 8.33. The van der Waals surface area contributed by atoms with Gasteiger partial charge in [0.2, 0.25) is 0 Å². The summed E-state index contributed by atoms with van der Waals surface area (Å²) in [5.41, 5.74) is 2.75. The molecule has 14 heteroatoms. The van der Waals surface area contributed by atoms with E-state index in [9.17, 15) is 23.3 Å². The molecule has 0 saturated heterocycles. The molecule has 0 unspecified atom stereocenters. The molecule has 0 bridgehead atoms. The molecule has 3 rings (SSSR count). The molecule has 0 fully saturated rings. The fraction of sp³-hybridized carbons (Fsp3) is 0.0476. The van der Waals surface area contributed by atoms with Gasteiger partial charge in [-0.2, -0.15) is 13.5 Å². The van der Waals surface area contributed by atoms with Gasteiger partial charge in [0.15, 0.2) is 11.5 Å². The van der Waals surface area contributed by atoms with E-state index >= 15 is 0 Å². The van der Waals surface area contributed by atoms with Crippen LogP contribution in [0.4, 0.5) is 5.69 Å². The molecule has 1 N–H and O–H groups in total. The molecule has 0 aromatic heterocycles. The molecule has 182 valence electrons. The third-order valence-corrected chi connectivity index (χ3v) is 6.91. The molecular weight excluding hydrogens is 589 g/mol. The number of hydrogen-bond acceptors (Lipinski definition) is 8. The van der Waals surface area contributed by atoms with E-state index in [-0.39, 0.29) is 37.1 Å². The van der Waals surface area contributed by atoms with Crippen molar-refractivity contribution in [2.45, 2.75) is 4.90 Å². The normalized spacial score (nSPS) is 11.3. The summed E-state index contributed by atoms with van der Waals surface area (Å²) in [5.74, 6) is -0.634. The molecule has 35 heavy (non-hydrogen) atoms. The van der Waals surface area contributed by atoms with E-state index in [0.717, 1.165) is 24.3 Å². The number of nitrogens with zero attached hydrogens (tertiary/aromatic N) is 2. The Labute approximate surface area is 217 Å². The highest BCUT2D eigenvalue weighted by atomic mass is 79.9. The molecule has 0 aliphatic heterocycles. The van der Waals surface area contributed by atoms with E-state index in [1.807, 2.05) is 0 Å². The minimum Gasteiger partial charge on any atom is -0.493 e. The molecule has 10 nitrogen and oxygen atoms in total. The van der Waals surface area contributed by atoms with E-state index in [4.69, 9.17) is 32.1 Å². The SMILES string of the molecule is COc1cc(/C=N\NC(=O)c2ccc(Cl)c(Cl)c2)cc(Br)c1OS(=O)(=O)c1ccc([N+](=O)[O-])cc1. The first-order valence-corrected chi connectivity index (χ1v) is 12.3. The number of halogens is 3. The number of nitro groups is 1.